The van der Waals surface area contributed by atoms with Crippen molar-refractivity contribution in [3.8, 4) is 0 Å². The van der Waals surface area contributed by atoms with E-state index in [1.54, 1.807) is 42.1 Å². The van der Waals surface area contributed by atoms with Gasteiger partial charge in [-0.3, -0.25) is 4.79 Å². The highest BCUT2D eigenvalue weighted by atomic mass is 32.2. The van der Waals surface area contributed by atoms with E-state index in [4.69, 9.17) is 0 Å². The molecule has 1 aliphatic rings. The molecule has 1 aliphatic heterocycles. The number of sulfonamides is 1. The van der Waals surface area contributed by atoms with E-state index in [1.807, 2.05) is 0 Å². The highest BCUT2D eigenvalue weighted by Crippen LogP contribution is 2.28. The first kappa shape index (κ1) is 21.2. The molecule has 0 aliphatic carbocycles. The molecule has 28 heavy (non-hydrogen) atoms. The molecule has 0 radical (unpaired) electrons. The van der Waals surface area contributed by atoms with Gasteiger partial charge in [-0.15, -0.1) is 10.2 Å². The number of hydrogen-bond acceptors (Lipinski definition) is 7. The largest absolute Gasteiger partial charge is 0.300 e. The van der Waals surface area contributed by atoms with Crippen molar-refractivity contribution in [2.24, 2.45) is 11.8 Å². The molecule has 1 atom stereocenters. The van der Waals surface area contributed by atoms with Crippen LogP contribution in [0.5, 0.6) is 0 Å². The minimum atomic E-state index is -3.59. The standard InChI is InChI=1S/C18H24N4O3S3/c1-13(2)12-26-18-21-20-17(27-18)19-16(23)14-7-6-10-22(11-14)28(24,25)15-8-4-3-5-9-15/h3-5,8-9,13-14H,6-7,10-12H2,1-2H3,(H,19,20,23)/t14-/m1/s1. The van der Waals surface area contributed by atoms with Gasteiger partial charge in [0.15, 0.2) is 4.34 Å². The van der Waals surface area contributed by atoms with Crippen LogP contribution in [0.15, 0.2) is 39.6 Å². The van der Waals surface area contributed by atoms with Crippen LogP contribution in [-0.2, 0) is 14.8 Å². The number of piperidine rings is 1. The van der Waals surface area contributed by atoms with Crippen LogP contribution in [0, 0.1) is 11.8 Å². The summed E-state index contributed by atoms with van der Waals surface area (Å²) in [5, 5.41) is 11.4. The molecule has 1 fully saturated rings. The molecule has 3 rings (SSSR count). The number of thioether (sulfide) groups is 1. The van der Waals surface area contributed by atoms with Crippen molar-refractivity contribution in [1.82, 2.24) is 14.5 Å². The maximum atomic E-state index is 12.8. The Morgan fingerprint density at radius 3 is 2.79 bits per heavy atom. The highest BCUT2D eigenvalue weighted by Gasteiger charge is 2.33. The monoisotopic (exact) mass is 440 g/mol. The minimum Gasteiger partial charge on any atom is -0.300 e. The predicted octanol–water partition coefficient (Wildman–Crippen LogP) is 3.33. The number of carbonyl (C=O) groups is 1. The van der Waals surface area contributed by atoms with Gasteiger partial charge in [-0.25, -0.2) is 8.42 Å². The van der Waals surface area contributed by atoms with Gasteiger partial charge >= 0.3 is 0 Å². The number of nitrogens with one attached hydrogen (secondary N) is 1. The summed E-state index contributed by atoms with van der Waals surface area (Å²) in [5.74, 6) is 0.886. The van der Waals surface area contributed by atoms with E-state index in [0.29, 0.717) is 30.4 Å². The summed E-state index contributed by atoms with van der Waals surface area (Å²) in [5.41, 5.74) is 0. The van der Waals surface area contributed by atoms with E-state index in [-0.39, 0.29) is 17.3 Å². The number of hydrogen-bond donors (Lipinski definition) is 1. The smallest absolute Gasteiger partial charge is 0.243 e. The Kier molecular flexibility index (Phi) is 7.08. The molecule has 1 amide bonds. The zero-order chi connectivity index (χ0) is 20.1. The number of nitrogens with zero attached hydrogens (tertiary/aromatic N) is 3. The van der Waals surface area contributed by atoms with Crippen LogP contribution >= 0.6 is 23.1 Å². The normalized spacial score (nSPS) is 18.3. The van der Waals surface area contributed by atoms with Crippen molar-refractivity contribution in [1.29, 1.82) is 0 Å². The summed E-state index contributed by atoms with van der Waals surface area (Å²) in [6.45, 7) is 4.87. The van der Waals surface area contributed by atoms with Crippen LogP contribution < -0.4 is 5.32 Å². The van der Waals surface area contributed by atoms with Gasteiger partial charge in [0.2, 0.25) is 21.1 Å². The second kappa shape index (κ2) is 9.34. The van der Waals surface area contributed by atoms with E-state index >= 15 is 0 Å². The summed E-state index contributed by atoms with van der Waals surface area (Å²) in [4.78, 5) is 12.9. The van der Waals surface area contributed by atoms with Crippen molar-refractivity contribution in [2.45, 2.75) is 35.9 Å². The van der Waals surface area contributed by atoms with Crippen molar-refractivity contribution < 1.29 is 13.2 Å². The van der Waals surface area contributed by atoms with Crippen LogP contribution in [0.25, 0.3) is 0 Å². The van der Waals surface area contributed by atoms with Crippen LogP contribution in [0.3, 0.4) is 0 Å². The van der Waals surface area contributed by atoms with Crippen molar-refractivity contribution in [3.05, 3.63) is 30.3 Å². The Bertz CT molecular complexity index is 900. The molecular weight excluding hydrogens is 416 g/mol. The number of anilines is 1. The molecule has 1 aromatic heterocycles. The fourth-order valence-corrected chi connectivity index (χ4v) is 6.16. The lowest BCUT2D eigenvalue weighted by Gasteiger charge is -2.31. The molecule has 0 bridgehead atoms. The Morgan fingerprint density at radius 2 is 2.07 bits per heavy atom. The maximum Gasteiger partial charge on any atom is 0.243 e. The molecule has 152 valence electrons. The first-order chi connectivity index (χ1) is 13.4. The van der Waals surface area contributed by atoms with Crippen LogP contribution in [0.1, 0.15) is 26.7 Å². The lowest BCUT2D eigenvalue weighted by molar-refractivity contribution is -0.120. The lowest BCUT2D eigenvalue weighted by atomic mass is 9.99. The first-order valence-electron chi connectivity index (χ1n) is 9.18. The van der Waals surface area contributed by atoms with Gasteiger partial charge in [0.05, 0.1) is 10.8 Å². The molecule has 1 aromatic carbocycles. The minimum absolute atomic E-state index is 0.177. The van der Waals surface area contributed by atoms with Gasteiger partial charge < -0.3 is 5.32 Å². The van der Waals surface area contributed by atoms with Crippen molar-refractivity contribution in [3.63, 3.8) is 0 Å². The van der Waals surface area contributed by atoms with E-state index in [9.17, 15) is 13.2 Å². The summed E-state index contributed by atoms with van der Waals surface area (Å²) < 4.78 is 27.9. The second-order valence-corrected chi connectivity index (χ2v) is 11.3. The number of amides is 1. The van der Waals surface area contributed by atoms with Crippen molar-refractivity contribution in [2.75, 3.05) is 24.2 Å². The zero-order valence-electron chi connectivity index (χ0n) is 15.9. The van der Waals surface area contributed by atoms with E-state index < -0.39 is 15.9 Å². The first-order valence-corrected chi connectivity index (χ1v) is 12.4. The van der Waals surface area contributed by atoms with Crippen LogP contribution in [0.4, 0.5) is 5.13 Å². The third kappa shape index (κ3) is 5.31. The van der Waals surface area contributed by atoms with E-state index in [0.717, 1.165) is 10.1 Å². The zero-order valence-corrected chi connectivity index (χ0v) is 18.3. The Hall–Kier alpha value is -1.49. The van der Waals surface area contributed by atoms with Gasteiger partial charge in [0.1, 0.15) is 0 Å². The fraction of sp³-hybridized carbons (Fsp3) is 0.500. The van der Waals surface area contributed by atoms with Gasteiger partial charge in [-0.2, -0.15) is 4.31 Å². The second-order valence-electron chi connectivity index (χ2n) is 7.08. The summed E-state index contributed by atoms with van der Waals surface area (Å²) in [7, 11) is -3.59. The van der Waals surface area contributed by atoms with Crippen LogP contribution in [-0.4, -0.2) is 47.7 Å². The Labute approximate surface area is 174 Å². The number of carbonyl (C=O) groups excluding carboxylic acids is 1. The van der Waals surface area contributed by atoms with E-state index in [1.165, 1.54) is 15.6 Å². The van der Waals surface area contributed by atoms with Crippen molar-refractivity contribution >= 4 is 44.2 Å². The number of rotatable bonds is 7. The average Bonchev–Trinajstić information content (AvgIpc) is 3.14. The molecule has 10 heteroatoms. The third-order valence-electron chi connectivity index (χ3n) is 4.31. The SMILES string of the molecule is CC(C)CSc1nnc(NC(=O)[C@@H]2CCCN(S(=O)(=O)c3ccccc3)C2)s1. The molecule has 0 unspecified atom stereocenters. The lowest BCUT2D eigenvalue weighted by Crippen LogP contribution is -2.43. The van der Waals surface area contributed by atoms with Gasteiger partial charge in [-0.1, -0.05) is 55.1 Å². The summed E-state index contributed by atoms with van der Waals surface area (Å²) in [6.07, 6.45) is 1.30. The van der Waals surface area contributed by atoms with Gasteiger partial charge in [0, 0.05) is 18.8 Å². The molecule has 1 saturated heterocycles. The molecule has 1 N–H and O–H groups in total. The molecule has 0 saturated carbocycles. The number of aromatic nitrogens is 2. The third-order valence-corrected chi connectivity index (χ3v) is 8.59. The predicted molar refractivity (Wildman–Crippen MR) is 112 cm³/mol. The quantitative estimate of drug-likeness (QED) is 0.524. The average molecular weight is 441 g/mol. The van der Waals surface area contributed by atoms with Crippen LogP contribution in [0.2, 0.25) is 0 Å². The molecule has 2 heterocycles. The fourth-order valence-electron chi connectivity index (χ4n) is 2.88. The highest BCUT2D eigenvalue weighted by molar-refractivity contribution is 8.01. The van der Waals surface area contributed by atoms with Gasteiger partial charge in [-0.05, 0) is 30.9 Å². The van der Waals surface area contributed by atoms with Gasteiger partial charge in [0.25, 0.3) is 0 Å². The number of benzene rings is 1. The van der Waals surface area contributed by atoms with E-state index in [2.05, 4.69) is 29.4 Å². The maximum absolute atomic E-state index is 12.8. The topological polar surface area (TPSA) is 92.3 Å². The Morgan fingerprint density at radius 1 is 1.32 bits per heavy atom. The molecular formula is C18H24N4O3S3. The summed E-state index contributed by atoms with van der Waals surface area (Å²) in [6, 6.07) is 8.34. The Balaban J connectivity index is 1.62. The molecule has 0 spiro atoms. The summed E-state index contributed by atoms with van der Waals surface area (Å²) >= 11 is 2.97. The molecule has 7 nitrogen and oxygen atoms in total. The molecule has 2 aromatic rings.